The van der Waals surface area contributed by atoms with Crippen LogP contribution >= 0.6 is 27.7 Å². The molecule has 0 saturated heterocycles. The number of carboxylic acid groups (broad SMARTS) is 1. The maximum atomic E-state index is 11.0. The van der Waals surface area contributed by atoms with Gasteiger partial charge in [-0.25, -0.2) is 4.79 Å². The third-order valence-corrected chi connectivity index (χ3v) is 4.46. The zero-order valence-corrected chi connectivity index (χ0v) is 11.7. The number of nitrogen functional groups attached to an aromatic ring is 1. The summed E-state index contributed by atoms with van der Waals surface area (Å²) >= 11 is 4.88. The highest BCUT2D eigenvalue weighted by atomic mass is 79.9. The molecular weight excluding hydrogens is 314 g/mol. The Labute approximate surface area is 117 Å². The van der Waals surface area contributed by atoms with Crippen LogP contribution in [0.3, 0.4) is 0 Å². The second-order valence-corrected chi connectivity index (χ2v) is 5.49. The number of benzene rings is 2. The SMILES string of the molecule is Nc1c(Sc2ccccc2Br)cccc1C(=O)O. The van der Waals surface area contributed by atoms with Crippen molar-refractivity contribution in [3.8, 4) is 0 Å². The van der Waals surface area contributed by atoms with E-state index in [9.17, 15) is 4.79 Å². The lowest BCUT2D eigenvalue weighted by Crippen LogP contribution is -2.03. The molecule has 0 heterocycles. The first kappa shape index (κ1) is 13.0. The van der Waals surface area contributed by atoms with E-state index >= 15 is 0 Å². The maximum Gasteiger partial charge on any atom is 0.337 e. The fourth-order valence-electron chi connectivity index (χ4n) is 1.47. The van der Waals surface area contributed by atoms with Gasteiger partial charge in [0.15, 0.2) is 0 Å². The molecule has 0 amide bonds. The van der Waals surface area contributed by atoms with Gasteiger partial charge < -0.3 is 10.8 Å². The van der Waals surface area contributed by atoms with E-state index in [1.54, 1.807) is 6.07 Å². The molecule has 5 heteroatoms. The summed E-state index contributed by atoms with van der Waals surface area (Å²) in [5.41, 5.74) is 6.29. The zero-order valence-electron chi connectivity index (χ0n) is 9.26. The molecule has 0 aliphatic rings. The average Bonchev–Trinajstić information content (AvgIpc) is 2.34. The van der Waals surface area contributed by atoms with Gasteiger partial charge in [0.2, 0.25) is 0 Å². The largest absolute Gasteiger partial charge is 0.478 e. The fraction of sp³-hybridized carbons (Fsp3) is 0. The molecule has 2 aromatic rings. The van der Waals surface area contributed by atoms with E-state index in [-0.39, 0.29) is 5.56 Å². The molecule has 0 saturated carbocycles. The minimum Gasteiger partial charge on any atom is -0.478 e. The lowest BCUT2D eigenvalue weighted by Gasteiger charge is -2.09. The summed E-state index contributed by atoms with van der Waals surface area (Å²) in [5.74, 6) is -1.01. The number of carbonyl (C=O) groups is 1. The number of anilines is 1. The minimum absolute atomic E-state index is 0.132. The summed E-state index contributed by atoms with van der Waals surface area (Å²) in [4.78, 5) is 12.7. The quantitative estimate of drug-likeness (QED) is 0.841. The fourth-order valence-corrected chi connectivity index (χ4v) is 2.91. The monoisotopic (exact) mass is 323 g/mol. The molecule has 0 radical (unpaired) electrons. The molecule has 0 spiro atoms. The van der Waals surface area contributed by atoms with Gasteiger partial charge in [-0.3, -0.25) is 0 Å². The summed E-state index contributed by atoms with van der Waals surface area (Å²) in [7, 11) is 0. The zero-order chi connectivity index (χ0) is 13.1. The highest BCUT2D eigenvalue weighted by Gasteiger charge is 2.12. The van der Waals surface area contributed by atoms with Gasteiger partial charge in [-0.15, -0.1) is 0 Å². The molecule has 2 rings (SSSR count). The van der Waals surface area contributed by atoms with Crippen molar-refractivity contribution in [2.45, 2.75) is 9.79 Å². The van der Waals surface area contributed by atoms with Gasteiger partial charge >= 0.3 is 5.97 Å². The van der Waals surface area contributed by atoms with Crippen LogP contribution in [0.2, 0.25) is 0 Å². The smallest absolute Gasteiger partial charge is 0.337 e. The predicted octanol–water partition coefficient (Wildman–Crippen LogP) is 3.88. The Morgan fingerprint density at radius 2 is 1.78 bits per heavy atom. The molecule has 0 atom stereocenters. The number of carboxylic acids is 1. The van der Waals surface area contributed by atoms with Gasteiger partial charge in [-0.05, 0) is 40.2 Å². The predicted molar refractivity (Wildman–Crippen MR) is 76.1 cm³/mol. The van der Waals surface area contributed by atoms with Crippen LogP contribution in [0.1, 0.15) is 10.4 Å². The van der Waals surface area contributed by atoms with E-state index in [2.05, 4.69) is 15.9 Å². The van der Waals surface area contributed by atoms with Crippen LogP contribution in [0.25, 0.3) is 0 Å². The van der Waals surface area contributed by atoms with Crippen molar-refractivity contribution in [3.63, 3.8) is 0 Å². The Hall–Kier alpha value is -1.46. The first-order valence-corrected chi connectivity index (χ1v) is 6.74. The molecular formula is C13H10BrNO2S. The van der Waals surface area contributed by atoms with Gasteiger partial charge in [0.1, 0.15) is 0 Å². The molecule has 2 aromatic carbocycles. The van der Waals surface area contributed by atoms with Gasteiger partial charge in [0, 0.05) is 14.3 Å². The van der Waals surface area contributed by atoms with Crippen LogP contribution in [0.15, 0.2) is 56.7 Å². The number of rotatable bonds is 3. The van der Waals surface area contributed by atoms with Gasteiger partial charge in [-0.1, -0.05) is 30.0 Å². The van der Waals surface area contributed by atoms with Gasteiger partial charge in [0.05, 0.1) is 11.3 Å². The van der Waals surface area contributed by atoms with Crippen molar-refractivity contribution >= 4 is 39.3 Å². The van der Waals surface area contributed by atoms with Gasteiger partial charge in [0.25, 0.3) is 0 Å². The van der Waals surface area contributed by atoms with Crippen molar-refractivity contribution in [1.29, 1.82) is 0 Å². The third kappa shape index (κ3) is 2.68. The highest BCUT2D eigenvalue weighted by Crippen LogP contribution is 2.37. The molecule has 0 aliphatic carbocycles. The molecule has 92 valence electrons. The molecule has 0 fully saturated rings. The molecule has 0 aromatic heterocycles. The first-order valence-electron chi connectivity index (χ1n) is 5.14. The molecule has 3 N–H and O–H groups in total. The Morgan fingerprint density at radius 1 is 1.11 bits per heavy atom. The molecule has 3 nitrogen and oxygen atoms in total. The molecule has 18 heavy (non-hydrogen) atoms. The summed E-state index contributed by atoms with van der Waals surface area (Å²) in [6.07, 6.45) is 0. The van der Waals surface area contributed by atoms with Crippen LogP contribution in [0, 0.1) is 0 Å². The summed E-state index contributed by atoms with van der Waals surface area (Å²) in [6.45, 7) is 0. The first-order chi connectivity index (χ1) is 8.59. The average molecular weight is 324 g/mol. The van der Waals surface area contributed by atoms with E-state index in [4.69, 9.17) is 10.8 Å². The van der Waals surface area contributed by atoms with Crippen molar-refractivity contribution in [2.24, 2.45) is 0 Å². The number of hydrogen-bond acceptors (Lipinski definition) is 3. The van der Waals surface area contributed by atoms with Gasteiger partial charge in [-0.2, -0.15) is 0 Å². The summed E-state index contributed by atoms with van der Waals surface area (Å²) < 4.78 is 0.954. The third-order valence-electron chi connectivity index (χ3n) is 2.35. The lowest BCUT2D eigenvalue weighted by molar-refractivity contribution is 0.0698. The van der Waals surface area contributed by atoms with E-state index in [0.717, 1.165) is 14.3 Å². The second-order valence-electron chi connectivity index (χ2n) is 3.56. The standard InChI is InChI=1S/C13H10BrNO2S/c14-9-5-1-2-6-10(9)18-11-7-3-4-8(12(11)15)13(16)17/h1-7H,15H2,(H,16,17). The van der Waals surface area contributed by atoms with Crippen LogP contribution in [0.4, 0.5) is 5.69 Å². The van der Waals surface area contributed by atoms with Crippen LogP contribution in [-0.4, -0.2) is 11.1 Å². The summed E-state index contributed by atoms with van der Waals surface area (Å²) in [6, 6.07) is 12.7. The van der Waals surface area contributed by atoms with Crippen molar-refractivity contribution in [3.05, 3.63) is 52.5 Å². The van der Waals surface area contributed by atoms with E-state index in [1.807, 2.05) is 30.3 Å². The molecule has 0 bridgehead atoms. The Bertz CT molecular complexity index is 601. The van der Waals surface area contributed by atoms with E-state index < -0.39 is 5.97 Å². The summed E-state index contributed by atoms with van der Waals surface area (Å²) in [5, 5.41) is 9.01. The van der Waals surface area contributed by atoms with Crippen LogP contribution < -0.4 is 5.73 Å². The number of halogens is 1. The van der Waals surface area contributed by atoms with E-state index in [1.165, 1.54) is 17.8 Å². The van der Waals surface area contributed by atoms with E-state index in [0.29, 0.717) is 5.69 Å². The maximum absolute atomic E-state index is 11.0. The van der Waals surface area contributed by atoms with Crippen LogP contribution in [-0.2, 0) is 0 Å². The lowest BCUT2D eigenvalue weighted by atomic mass is 10.2. The molecule has 0 aliphatic heterocycles. The topological polar surface area (TPSA) is 63.3 Å². The normalized spacial score (nSPS) is 10.3. The highest BCUT2D eigenvalue weighted by molar-refractivity contribution is 9.10. The Balaban J connectivity index is 2.39. The second kappa shape index (κ2) is 5.46. The van der Waals surface area contributed by atoms with Crippen molar-refractivity contribution < 1.29 is 9.90 Å². The molecule has 0 unspecified atom stereocenters. The number of para-hydroxylation sites is 1. The van der Waals surface area contributed by atoms with Crippen molar-refractivity contribution in [1.82, 2.24) is 0 Å². The van der Waals surface area contributed by atoms with Crippen LogP contribution in [0.5, 0.6) is 0 Å². The number of hydrogen-bond donors (Lipinski definition) is 2. The Morgan fingerprint density at radius 3 is 2.44 bits per heavy atom. The number of nitrogens with two attached hydrogens (primary N) is 1. The van der Waals surface area contributed by atoms with Crippen molar-refractivity contribution in [2.75, 3.05) is 5.73 Å². The Kier molecular flexibility index (Phi) is 3.93. The number of aromatic carboxylic acids is 1. The minimum atomic E-state index is -1.01.